The van der Waals surface area contributed by atoms with Crippen LogP contribution < -0.4 is 0 Å². The predicted octanol–water partition coefficient (Wildman–Crippen LogP) is 14.3. The molecule has 0 bridgehead atoms. The Balaban J connectivity index is 1.68. The molecule has 0 saturated heterocycles. The molecule has 0 aromatic heterocycles. The van der Waals surface area contributed by atoms with E-state index in [0.717, 1.165) is 55.7 Å². The first-order valence-corrected chi connectivity index (χ1v) is 18.4. The van der Waals surface area contributed by atoms with Gasteiger partial charge in [-0.05, 0) is 112 Å². The molecule has 0 fully saturated rings. The van der Waals surface area contributed by atoms with Crippen LogP contribution in [0.25, 0.3) is 11.1 Å². The topological polar surface area (TPSA) is 83.6 Å². The second kappa shape index (κ2) is 14.8. The Hall–Kier alpha value is -4.00. The minimum Gasteiger partial charge on any atom is -0.289 e. The zero-order valence-corrected chi connectivity index (χ0v) is 34.6. The molecule has 2 aromatic rings. The number of Topliss-reactive ketones (excluding diaryl/α,β-unsaturated/α-hetero) is 2. The summed E-state index contributed by atoms with van der Waals surface area (Å²) in [6.07, 6.45) is 11.0. The Kier molecular flexibility index (Phi) is 11.6. The number of benzene rings is 2. The third kappa shape index (κ3) is 9.31. The highest BCUT2D eigenvalue weighted by Crippen LogP contribution is 2.43. The molecule has 52 heavy (non-hydrogen) atoms. The van der Waals surface area contributed by atoms with Crippen molar-refractivity contribution < 1.29 is 9.59 Å². The Morgan fingerprint density at radius 3 is 1.27 bits per heavy atom. The maximum absolute atomic E-state index is 13.3. The molecule has 2 aliphatic rings. The Labute approximate surface area is 320 Å². The minimum absolute atomic E-state index is 0.0624. The van der Waals surface area contributed by atoms with E-state index in [-0.39, 0.29) is 33.2 Å². The molecule has 0 unspecified atom stereocenters. The van der Waals surface area contributed by atoms with E-state index in [9.17, 15) is 9.59 Å². The van der Waals surface area contributed by atoms with Gasteiger partial charge in [0.15, 0.2) is 11.6 Å². The van der Waals surface area contributed by atoms with E-state index >= 15 is 0 Å². The molecule has 8 heteroatoms. The second-order valence-electron chi connectivity index (χ2n) is 17.8. The van der Waals surface area contributed by atoms with Gasteiger partial charge < -0.3 is 0 Å². The maximum Gasteiger partial charge on any atom is 0.186 e. The molecule has 0 N–H and O–H groups in total. The van der Waals surface area contributed by atoms with E-state index < -0.39 is 0 Å². The fraction of sp³-hybridized carbons (Fsp3) is 0.409. The molecular weight excluding hydrogens is 687 g/mol. The van der Waals surface area contributed by atoms with E-state index in [1.807, 2.05) is 139 Å². The van der Waals surface area contributed by atoms with Gasteiger partial charge in [-0.3, -0.25) is 9.59 Å². The van der Waals surface area contributed by atoms with Crippen molar-refractivity contribution in [1.29, 1.82) is 0 Å². The number of ketones is 2. The van der Waals surface area contributed by atoms with Gasteiger partial charge in [-0.25, -0.2) is 0 Å². The monoisotopic (exact) mass is 738 g/mol. The van der Waals surface area contributed by atoms with Gasteiger partial charge in [-0.2, -0.15) is 15.3 Å². The summed E-state index contributed by atoms with van der Waals surface area (Å²) in [7, 11) is 0. The van der Waals surface area contributed by atoms with Crippen molar-refractivity contribution >= 4 is 46.1 Å². The average molecular weight is 740 g/mol. The van der Waals surface area contributed by atoms with Crippen LogP contribution in [-0.4, -0.2) is 11.6 Å². The number of halogens is 2. The third-order valence-corrected chi connectivity index (χ3v) is 9.67. The van der Waals surface area contributed by atoms with Gasteiger partial charge in [0.25, 0.3) is 0 Å². The Morgan fingerprint density at radius 1 is 0.500 bits per heavy atom. The second-order valence-corrected chi connectivity index (χ2v) is 18.6. The van der Waals surface area contributed by atoms with Crippen molar-refractivity contribution in [1.82, 2.24) is 0 Å². The van der Waals surface area contributed by atoms with Gasteiger partial charge in [0, 0.05) is 32.9 Å². The quantitative estimate of drug-likeness (QED) is 0.286. The number of aryl methyl sites for hydroxylation is 2. The van der Waals surface area contributed by atoms with E-state index in [2.05, 4.69) is 20.5 Å². The molecule has 0 atom stereocenters. The highest BCUT2D eigenvalue weighted by Gasteiger charge is 2.35. The maximum atomic E-state index is 13.3. The number of carbonyl (C=O) groups is 2. The fourth-order valence-electron chi connectivity index (χ4n) is 6.04. The number of carbonyl (C=O) groups excluding carboxylic acids is 2. The van der Waals surface area contributed by atoms with Gasteiger partial charge in [-0.15, -0.1) is 5.11 Å². The molecular formula is C44H52Cl2N4O2. The van der Waals surface area contributed by atoms with Crippen LogP contribution in [-0.2, 0) is 9.59 Å². The first-order valence-electron chi connectivity index (χ1n) is 17.6. The molecule has 0 radical (unpaired) electrons. The number of allylic oxidation sites excluding steroid dienone is 10. The summed E-state index contributed by atoms with van der Waals surface area (Å²) in [5, 5.41) is 18.7. The normalized spacial score (nSPS) is 16.4. The van der Waals surface area contributed by atoms with Crippen molar-refractivity contribution in [2.75, 3.05) is 0 Å². The zero-order valence-electron chi connectivity index (χ0n) is 33.1. The third-order valence-electron chi connectivity index (χ3n) is 9.05. The summed E-state index contributed by atoms with van der Waals surface area (Å²) in [5.41, 5.74) is 7.93. The molecule has 0 amide bonds. The van der Waals surface area contributed by atoms with Crippen molar-refractivity contribution in [3.63, 3.8) is 0 Å². The van der Waals surface area contributed by atoms with Gasteiger partial charge in [0.2, 0.25) is 0 Å². The molecule has 0 spiro atoms. The first-order chi connectivity index (χ1) is 23.8. The Bertz CT molecular complexity index is 2000. The summed E-state index contributed by atoms with van der Waals surface area (Å²) < 4.78 is 0. The smallest absolute Gasteiger partial charge is 0.186 e. The lowest BCUT2D eigenvalue weighted by molar-refractivity contribution is -0.114. The highest BCUT2D eigenvalue weighted by atomic mass is 35.5. The van der Waals surface area contributed by atoms with Gasteiger partial charge >= 0.3 is 0 Å². The molecule has 274 valence electrons. The van der Waals surface area contributed by atoms with E-state index in [1.165, 1.54) is 0 Å². The highest BCUT2D eigenvalue weighted by molar-refractivity contribution is 6.37. The lowest BCUT2D eigenvalue weighted by Gasteiger charge is -2.31. The summed E-state index contributed by atoms with van der Waals surface area (Å²) >= 11 is 13.6. The van der Waals surface area contributed by atoms with Crippen molar-refractivity contribution in [3.8, 4) is 11.1 Å². The first kappa shape index (κ1) is 40.8. The van der Waals surface area contributed by atoms with Crippen LogP contribution in [0, 0.1) is 35.5 Å². The van der Waals surface area contributed by atoms with Crippen LogP contribution in [0.3, 0.4) is 0 Å². The van der Waals surface area contributed by atoms with E-state index in [1.54, 1.807) is 18.5 Å². The molecule has 0 saturated carbocycles. The van der Waals surface area contributed by atoms with Crippen LogP contribution in [0.1, 0.15) is 94.2 Å². The van der Waals surface area contributed by atoms with Gasteiger partial charge in [0.05, 0.1) is 23.1 Å². The van der Waals surface area contributed by atoms with Crippen LogP contribution >= 0.6 is 23.2 Å². The number of nitrogens with zero attached hydrogens (tertiary/aromatic N) is 4. The Morgan fingerprint density at radius 2 is 0.885 bits per heavy atom. The largest absolute Gasteiger partial charge is 0.289 e. The minimum atomic E-state index is -0.328. The van der Waals surface area contributed by atoms with Crippen LogP contribution in [0.4, 0.5) is 11.4 Å². The number of azo groups is 2. The van der Waals surface area contributed by atoms with Crippen molar-refractivity contribution in [3.05, 3.63) is 116 Å². The number of rotatable bonds is 5. The average Bonchev–Trinajstić information content (AvgIpc) is 2.99. The zero-order chi connectivity index (χ0) is 39.1. The van der Waals surface area contributed by atoms with Gasteiger partial charge in [-0.1, -0.05) is 106 Å². The van der Waals surface area contributed by atoms with E-state index in [4.69, 9.17) is 23.2 Å². The standard InChI is InChI=1S/C44H52Cl2N4O2/c1-25-16-36(49-47-23-27-17-32(41(3,4)5)39(51)33(18-27)42(6,7)8)26(2)15-30(25)31-21-29(45)22-37(38(31)46)50-48-24-28-19-34(43(9,10)11)40(52)35(20-28)44(12,13)14/h15-24H,1-14H3/b49-47+,50-48+. The number of hydrogen-bond acceptors (Lipinski definition) is 6. The lowest BCUT2D eigenvalue weighted by Crippen LogP contribution is -2.27. The summed E-state index contributed by atoms with van der Waals surface area (Å²) in [6.45, 7) is 28.5. The SMILES string of the molecule is Cc1cc(-c2cc(Cl)cc(/N=N/C=C3C=C(C(C)(C)C)C(=O)C(C(C)(C)C)=C3)c2Cl)c(C)cc1/N=N/C=C1C=C(C(C)(C)C)C(=O)C(C(C)(C)C)=C1. The molecule has 0 heterocycles. The van der Waals surface area contributed by atoms with Crippen LogP contribution in [0.2, 0.25) is 10.0 Å². The molecule has 0 aliphatic heterocycles. The molecule has 4 rings (SSSR count). The molecule has 6 nitrogen and oxygen atoms in total. The van der Waals surface area contributed by atoms with Crippen molar-refractivity contribution in [2.45, 2.75) is 96.9 Å². The number of hydrogen-bond donors (Lipinski definition) is 0. The van der Waals surface area contributed by atoms with Crippen LogP contribution in [0.15, 0.2) is 115 Å². The summed E-state index contributed by atoms with van der Waals surface area (Å²) in [6, 6.07) is 7.49. The van der Waals surface area contributed by atoms with Crippen LogP contribution in [0.5, 0.6) is 0 Å². The predicted molar refractivity (Wildman–Crippen MR) is 217 cm³/mol. The summed E-state index contributed by atoms with van der Waals surface area (Å²) in [5.74, 6) is 0.144. The van der Waals surface area contributed by atoms with Gasteiger partial charge in [0.1, 0.15) is 5.69 Å². The van der Waals surface area contributed by atoms with E-state index in [0.29, 0.717) is 21.4 Å². The molecule has 2 aromatic carbocycles. The fourth-order valence-corrected chi connectivity index (χ4v) is 6.50. The molecule has 2 aliphatic carbocycles. The van der Waals surface area contributed by atoms with Crippen molar-refractivity contribution in [2.24, 2.45) is 42.1 Å². The summed E-state index contributed by atoms with van der Waals surface area (Å²) in [4.78, 5) is 26.6. The lowest BCUT2D eigenvalue weighted by atomic mass is 9.72.